The zero-order valence-corrected chi connectivity index (χ0v) is 17.6. The molecule has 3 aromatic rings. The van der Waals surface area contributed by atoms with Gasteiger partial charge in [-0.25, -0.2) is 0 Å². The minimum atomic E-state index is -0.581. The third kappa shape index (κ3) is 4.31. The third-order valence-corrected chi connectivity index (χ3v) is 5.61. The average Bonchev–Trinajstić information content (AvgIpc) is 3.26. The molecule has 1 atom stereocenters. The first-order valence-electron chi connectivity index (χ1n) is 9.67. The van der Waals surface area contributed by atoms with Crippen LogP contribution in [0.4, 0.5) is 11.4 Å². The molecule has 6 nitrogen and oxygen atoms in total. The number of fused-ring (bicyclic) bond motifs is 1. The molecule has 1 aliphatic rings. The van der Waals surface area contributed by atoms with Crippen LogP contribution in [0.15, 0.2) is 60.0 Å². The summed E-state index contributed by atoms with van der Waals surface area (Å²) in [7, 11) is 0. The smallest absolute Gasteiger partial charge is 0.267 e. The van der Waals surface area contributed by atoms with Gasteiger partial charge in [-0.15, -0.1) is 11.3 Å². The summed E-state index contributed by atoms with van der Waals surface area (Å²) in [6, 6.07) is 16.7. The zero-order chi connectivity index (χ0) is 21.1. The molecule has 0 saturated carbocycles. The molecule has 2 aromatic carbocycles. The molecule has 0 spiro atoms. The summed E-state index contributed by atoms with van der Waals surface area (Å²) in [6.45, 7) is 4.44. The summed E-state index contributed by atoms with van der Waals surface area (Å²) < 4.78 is 11.6. The maximum Gasteiger partial charge on any atom is 0.267 e. The predicted octanol–water partition coefficient (Wildman–Crippen LogP) is 4.50. The van der Waals surface area contributed by atoms with E-state index in [4.69, 9.17) is 9.47 Å². The van der Waals surface area contributed by atoms with Crippen LogP contribution in [-0.2, 0) is 4.79 Å². The highest BCUT2D eigenvalue weighted by molar-refractivity contribution is 7.12. The highest BCUT2D eigenvalue weighted by Gasteiger charge is 2.31. The first-order valence-corrected chi connectivity index (χ1v) is 10.6. The third-order valence-electron chi connectivity index (χ3n) is 4.74. The Balaban J connectivity index is 1.51. The van der Waals surface area contributed by atoms with Crippen molar-refractivity contribution >= 4 is 34.5 Å². The van der Waals surface area contributed by atoms with E-state index in [0.717, 1.165) is 11.3 Å². The number of rotatable bonds is 6. The lowest BCUT2D eigenvalue weighted by Gasteiger charge is -2.33. The second kappa shape index (κ2) is 8.59. The van der Waals surface area contributed by atoms with Crippen LogP contribution in [-0.4, -0.2) is 31.1 Å². The van der Waals surface area contributed by atoms with E-state index < -0.39 is 6.10 Å². The van der Waals surface area contributed by atoms with Crippen molar-refractivity contribution < 1.29 is 19.1 Å². The van der Waals surface area contributed by atoms with Crippen LogP contribution in [0.1, 0.15) is 22.2 Å². The fraction of sp³-hybridized carbons (Fsp3) is 0.217. The van der Waals surface area contributed by atoms with Crippen LogP contribution in [0.5, 0.6) is 11.5 Å². The van der Waals surface area contributed by atoms with Crippen molar-refractivity contribution in [2.24, 2.45) is 0 Å². The highest BCUT2D eigenvalue weighted by atomic mass is 32.1. The molecule has 0 aliphatic carbocycles. The van der Waals surface area contributed by atoms with Crippen molar-refractivity contribution in [3.8, 4) is 11.5 Å². The normalized spacial score (nSPS) is 15.3. The molecule has 0 fully saturated rings. The number of aryl methyl sites for hydroxylation is 1. The largest absolute Gasteiger partial charge is 0.492 e. The molecule has 30 heavy (non-hydrogen) atoms. The van der Waals surface area contributed by atoms with Gasteiger partial charge in [-0.2, -0.15) is 0 Å². The van der Waals surface area contributed by atoms with Crippen LogP contribution in [0.2, 0.25) is 0 Å². The average molecular weight is 423 g/mol. The maximum absolute atomic E-state index is 12.8. The first-order chi connectivity index (χ1) is 14.5. The van der Waals surface area contributed by atoms with Crippen LogP contribution in [0, 0.1) is 6.92 Å². The molecule has 1 N–H and O–H groups in total. The van der Waals surface area contributed by atoms with Gasteiger partial charge in [-0.3, -0.25) is 9.59 Å². The maximum atomic E-state index is 12.8. The first kappa shape index (κ1) is 20.0. The molecule has 7 heteroatoms. The Labute approximate surface area is 179 Å². The van der Waals surface area contributed by atoms with E-state index in [1.54, 1.807) is 36.1 Å². The Hall–Kier alpha value is -3.32. The van der Waals surface area contributed by atoms with Gasteiger partial charge in [0, 0.05) is 5.69 Å². The van der Waals surface area contributed by atoms with E-state index in [9.17, 15) is 9.59 Å². The van der Waals surface area contributed by atoms with E-state index in [-0.39, 0.29) is 11.8 Å². The minimum Gasteiger partial charge on any atom is -0.492 e. The van der Waals surface area contributed by atoms with Crippen molar-refractivity contribution in [1.82, 2.24) is 0 Å². The van der Waals surface area contributed by atoms with Gasteiger partial charge in [-0.05, 0) is 61.2 Å². The molecule has 1 unspecified atom stereocenters. The number of ether oxygens (including phenoxy) is 2. The SMILES string of the molecule is Cc1cccc(OCCN2C(=O)C(C)Oc3ccc(NC(=O)c4cccs4)cc32)c1. The lowest BCUT2D eigenvalue weighted by Crippen LogP contribution is -2.46. The summed E-state index contributed by atoms with van der Waals surface area (Å²) in [5, 5.41) is 4.73. The van der Waals surface area contributed by atoms with Crippen LogP contribution in [0.25, 0.3) is 0 Å². The summed E-state index contributed by atoms with van der Waals surface area (Å²) in [5.74, 6) is 1.04. The molecule has 2 heterocycles. The summed E-state index contributed by atoms with van der Waals surface area (Å²) in [6.07, 6.45) is -0.581. The summed E-state index contributed by atoms with van der Waals surface area (Å²) in [4.78, 5) is 27.4. The van der Waals surface area contributed by atoms with Crippen molar-refractivity contribution in [2.45, 2.75) is 20.0 Å². The topological polar surface area (TPSA) is 67.9 Å². The van der Waals surface area contributed by atoms with Crippen LogP contribution >= 0.6 is 11.3 Å². The Morgan fingerprint density at radius 2 is 2.07 bits per heavy atom. The quantitative estimate of drug-likeness (QED) is 0.635. The number of hydrogen-bond donors (Lipinski definition) is 1. The molecule has 2 amide bonds. The molecular weight excluding hydrogens is 400 g/mol. The van der Waals surface area contributed by atoms with Gasteiger partial charge in [0.25, 0.3) is 11.8 Å². The minimum absolute atomic E-state index is 0.142. The van der Waals surface area contributed by atoms with Gasteiger partial charge in [0.15, 0.2) is 6.10 Å². The fourth-order valence-corrected chi connectivity index (χ4v) is 3.89. The van der Waals surface area contributed by atoms with Crippen molar-refractivity contribution in [3.63, 3.8) is 0 Å². The number of nitrogens with one attached hydrogen (secondary N) is 1. The van der Waals surface area contributed by atoms with E-state index >= 15 is 0 Å². The molecule has 0 saturated heterocycles. The van der Waals surface area contributed by atoms with E-state index in [1.807, 2.05) is 42.6 Å². The standard InChI is InChI=1S/C23H22N2O4S/c1-15-5-3-6-18(13-15)28-11-10-25-19-14-17(24-22(26)21-7-4-12-30-21)8-9-20(19)29-16(2)23(25)27/h3-9,12-14,16H,10-11H2,1-2H3,(H,24,26). The Morgan fingerprint density at radius 1 is 1.20 bits per heavy atom. The van der Waals surface area contributed by atoms with Crippen LogP contribution in [0.3, 0.4) is 0 Å². The zero-order valence-electron chi connectivity index (χ0n) is 16.8. The van der Waals surface area contributed by atoms with E-state index in [2.05, 4.69) is 5.32 Å². The predicted molar refractivity (Wildman–Crippen MR) is 118 cm³/mol. The number of carbonyl (C=O) groups is 2. The van der Waals surface area contributed by atoms with Gasteiger partial charge >= 0.3 is 0 Å². The molecule has 1 aliphatic heterocycles. The summed E-state index contributed by atoms with van der Waals surface area (Å²) in [5.41, 5.74) is 2.33. The van der Waals surface area contributed by atoms with Gasteiger partial charge in [-0.1, -0.05) is 18.2 Å². The molecule has 4 rings (SSSR count). The summed E-state index contributed by atoms with van der Waals surface area (Å²) >= 11 is 1.37. The second-order valence-corrected chi connectivity index (χ2v) is 7.98. The number of benzene rings is 2. The number of hydrogen-bond acceptors (Lipinski definition) is 5. The fourth-order valence-electron chi connectivity index (χ4n) is 3.28. The van der Waals surface area contributed by atoms with Gasteiger partial charge in [0.1, 0.15) is 18.1 Å². The molecular formula is C23H22N2O4S. The lowest BCUT2D eigenvalue weighted by atomic mass is 10.1. The number of nitrogens with zero attached hydrogens (tertiary/aromatic N) is 1. The Bertz CT molecular complexity index is 1060. The molecule has 154 valence electrons. The number of thiophene rings is 1. The van der Waals surface area contributed by atoms with Gasteiger partial charge in [0.05, 0.1) is 17.1 Å². The number of carbonyl (C=O) groups excluding carboxylic acids is 2. The monoisotopic (exact) mass is 422 g/mol. The van der Waals surface area contributed by atoms with Gasteiger partial charge < -0.3 is 19.7 Å². The molecule has 0 bridgehead atoms. The van der Waals surface area contributed by atoms with E-state index in [0.29, 0.717) is 35.2 Å². The van der Waals surface area contributed by atoms with Gasteiger partial charge in [0.2, 0.25) is 0 Å². The molecule has 0 radical (unpaired) electrons. The van der Waals surface area contributed by atoms with Crippen molar-refractivity contribution in [3.05, 3.63) is 70.4 Å². The number of anilines is 2. The number of amides is 2. The second-order valence-electron chi connectivity index (χ2n) is 7.03. The Kier molecular flexibility index (Phi) is 5.72. The van der Waals surface area contributed by atoms with E-state index in [1.165, 1.54) is 11.3 Å². The van der Waals surface area contributed by atoms with Crippen molar-refractivity contribution in [2.75, 3.05) is 23.4 Å². The van der Waals surface area contributed by atoms with Crippen LogP contribution < -0.4 is 19.7 Å². The lowest BCUT2D eigenvalue weighted by molar-refractivity contribution is -0.125. The Morgan fingerprint density at radius 3 is 2.83 bits per heavy atom. The highest BCUT2D eigenvalue weighted by Crippen LogP contribution is 2.36. The molecule has 1 aromatic heterocycles. The van der Waals surface area contributed by atoms with Crippen molar-refractivity contribution in [1.29, 1.82) is 0 Å².